The lowest BCUT2D eigenvalue weighted by atomic mass is 9.99. The van der Waals surface area contributed by atoms with Crippen LogP contribution >= 0.6 is 11.6 Å². The number of piperazine rings is 1. The van der Waals surface area contributed by atoms with E-state index in [1.54, 1.807) is 18.2 Å². The summed E-state index contributed by atoms with van der Waals surface area (Å²) in [6.45, 7) is 4.29. The van der Waals surface area contributed by atoms with Crippen LogP contribution in [0.4, 0.5) is 13.2 Å². The van der Waals surface area contributed by atoms with Crippen molar-refractivity contribution >= 4 is 21.6 Å². The van der Waals surface area contributed by atoms with Gasteiger partial charge in [-0.25, -0.2) is 8.42 Å². The molecule has 37 heavy (non-hydrogen) atoms. The van der Waals surface area contributed by atoms with Crippen LogP contribution in [0.5, 0.6) is 0 Å². The summed E-state index contributed by atoms with van der Waals surface area (Å²) in [5.41, 5.74) is 1.27. The van der Waals surface area contributed by atoms with Crippen molar-refractivity contribution in [3.8, 4) is 0 Å². The van der Waals surface area contributed by atoms with Gasteiger partial charge in [0.25, 0.3) is 0 Å². The fraction of sp³-hybridized carbons (Fsp3) is 0.333. The molecule has 1 fully saturated rings. The minimum absolute atomic E-state index is 0.173. The molecule has 4 rings (SSSR count). The highest BCUT2D eigenvalue weighted by atomic mass is 35.5. The van der Waals surface area contributed by atoms with Crippen molar-refractivity contribution in [1.82, 2.24) is 9.21 Å². The van der Waals surface area contributed by atoms with Crippen LogP contribution in [-0.2, 0) is 20.9 Å². The number of alkyl halides is 3. The maximum atomic E-state index is 13.3. The fourth-order valence-corrected chi connectivity index (χ4v) is 5.96. The molecule has 1 aliphatic heterocycles. The molecule has 0 saturated carbocycles. The van der Waals surface area contributed by atoms with Crippen LogP contribution < -0.4 is 0 Å². The summed E-state index contributed by atoms with van der Waals surface area (Å²) >= 11 is 6.12. The van der Waals surface area contributed by atoms with Gasteiger partial charge in [0.1, 0.15) is 6.10 Å². The Morgan fingerprint density at radius 2 is 1.59 bits per heavy atom. The number of halogens is 4. The van der Waals surface area contributed by atoms with Crippen molar-refractivity contribution in [2.24, 2.45) is 0 Å². The number of hydrogen-bond donors (Lipinski definition) is 0. The van der Waals surface area contributed by atoms with Crippen LogP contribution in [-0.4, -0.2) is 57.0 Å². The van der Waals surface area contributed by atoms with Crippen molar-refractivity contribution < 1.29 is 26.3 Å². The van der Waals surface area contributed by atoms with Gasteiger partial charge in [0.2, 0.25) is 10.0 Å². The quantitative estimate of drug-likeness (QED) is 0.355. The highest BCUT2D eigenvalue weighted by Crippen LogP contribution is 2.33. The van der Waals surface area contributed by atoms with E-state index in [1.165, 1.54) is 16.4 Å². The minimum atomic E-state index is -4.44. The average molecular weight is 553 g/mol. The number of aryl methyl sites for hydroxylation is 1. The molecule has 0 aliphatic carbocycles. The molecular formula is C27H28ClF3N2O3S. The second-order valence-corrected chi connectivity index (χ2v) is 11.3. The number of hydrogen-bond acceptors (Lipinski definition) is 4. The molecular weight excluding hydrogens is 525 g/mol. The first kappa shape index (κ1) is 27.6. The molecule has 198 valence electrons. The normalized spacial score (nSPS) is 16.6. The lowest BCUT2D eigenvalue weighted by Crippen LogP contribution is -2.49. The predicted molar refractivity (Wildman–Crippen MR) is 137 cm³/mol. The van der Waals surface area contributed by atoms with Gasteiger partial charge in [0.05, 0.1) is 17.1 Å². The number of nitrogens with zero attached hydrogens (tertiary/aromatic N) is 2. The molecule has 3 aromatic carbocycles. The van der Waals surface area contributed by atoms with E-state index in [2.05, 4.69) is 4.90 Å². The monoisotopic (exact) mass is 552 g/mol. The van der Waals surface area contributed by atoms with E-state index in [0.717, 1.165) is 23.3 Å². The third kappa shape index (κ3) is 6.72. The van der Waals surface area contributed by atoms with Crippen LogP contribution in [0.25, 0.3) is 0 Å². The Kier molecular flexibility index (Phi) is 8.60. The van der Waals surface area contributed by atoms with E-state index in [-0.39, 0.29) is 11.5 Å². The lowest BCUT2D eigenvalue weighted by molar-refractivity contribution is -0.137. The third-order valence-electron chi connectivity index (χ3n) is 6.42. The maximum absolute atomic E-state index is 13.3. The van der Waals surface area contributed by atoms with Gasteiger partial charge in [-0.3, -0.25) is 4.90 Å². The first-order valence-electron chi connectivity index (χ1n) is 11.9. The Morgan fingerprint density at radius 1 is 0.919 bits per heavy atom. The summed E-state index contributed by atoms with van der Waals surface area (Å²) in [5.74, 6) is 0. The fourth-order valence-electron chi connectivity index (χ4n) is 4.27. The minimum Gasteiger partial charge on any atom is -0.367 e. The van der Waals surface area contributed by atoms with E-state index in [4.69, 9.17) is 16.3 Å². The van der Waals surface area contributed by atoms with E-state index in [0.29, 0.717) is 43.3 Å². The SMILES string of the molecule is Cc1ccc(S(=O)(=O)N2CCN(CCO[C@H](c3ccccc3)c3cccc(C(F)(F)F)c3)CC2)cc1Cl. The first-order valence-corrected chi connectivity index (χ1v) is 13.7. The van der Waals surface area contributed by atoms with Crippen LogP contribution in [0.2, 0.25) is 5.02 Å². The second kappa shape index (κ2) is 11.5. The largest absolute Gasteiger partial charge is 0.416 e. The van der Waals surface area contributed by atoms with Crippen molar-refractivity contribution in [3.05, 3.63) is 100 Å². The van der Waals surface area contributed by atoms with Gasteiger partial charge in [0.15, 0.2) is 0 Å². The molecule has 1 saturated heterocycles. The Balaban J connectivity index is 1.38. The molecule has 0 unspecified atom stereocenters. The summed E-state index contributed by atoms with van der Waals surface area (Å²) in [5, 5.41) is 0.408. The number of ether oxygens (including phenoxy) is 1. The van der Waals surface area contributed by atoms with Gasteiger partial charge in [-0.1, -0.05) is 60.1 Å². The van der Waals surface area contributed by atoms with Crippen molar-refractivity contribution in [1.29, 1.82) is 0 Å². The zero-order valence-electron chi connectivity index (χ0n) is 20.3. The molecule has 0 N–H and O–H groups in total. The van der Waals surface area contributed by atoms with E-state index in [9.17, 15) is 21.6 Å². The summed E-state index contributed by atoms with van der Waals surface area (Å²) in [7, 11) is -3.65. The van der Waals surface area contributed by atoms with Gasteiger partial charge >= 0.3 is 6.18 Å². The zero-order chi connectivity index (χ0) is 26.6. The second-order valence-electron chi connectivity index (χ2n) is 8.94. The molecule has 1 atom stereocenters. The molecule has 3 aromatic rings. The van der Waals surface area contributed by atoms with E-state index < -0.39 is 27.9 Å². The molecule has 0 bridgehead atoms. The summed E-state index contributed by atoms with van der Waals surface area (Å²) < 4.78 is 73.5. The highest BCUT2D eigenvalue weighted by Gasteiger charge is 2.32. The van der Waals surface area contributed by atoms with E-state index >= 15 is 0 Å². The van der Waals surface area contributed by atoms with Crippen LogP contribution in [0.3, 0.4) is 0 Å². The third-order valence-corrected chi connectivity index (χ3v) is 8.73. The molecule has 0 amide bonds. The van der Waals surface area contributed by atoms with Crippen molar-refractivity contribution in [2.75, 3.05) is 39.3 Å². The average Bonchev–Trinajstić information content (AvgIpc) is 2.88. The lowest BCUT2D eigenvalue weighted by Gasteiger charge is -2.34. The molecule has 0 spiro atoms. The molecule has 0 radical (unpaired) electrons. The topological polar surface area (TPSA) is 49.9 Å². The molecule has 5 nitrogen and oxygen atoms in total. The Labute approximate surface area is 220 Å². The van der Waals surface area contributed by atoms with Crippen molar-refractivity contribution in [3.63, 3.8) is 0 Å². The highest BCUT2D eigenvalue weighted by molar-refractivity contribution is 7.89. The van der Waals surface area contributed by atoms with Crippen LogP contribution in [0, 0.1) is 6.92 Å². The smallest absolute Gasteiger partial charge is 0.367 e. The van der Waals surface area contributed by atoms with Crippen LogP contribution in [0.1, 0.15) is 28.4 Å². The number of benzene rings is 3. The number of sulfonamides is 1. The molecule has 0 aromatic heterocycles. The summed E-state index contributed by atoms with van der Waals surface area (Å²) in [6.07, 6.45) is -5.10. The standard InChI is InChI=1S/C27H28ClF3N2O3S/c1-20-10-11-24(19-25(20)28)37(34,35)33-14-12-32(13-15-33)16-17-36-26(21-6-3-2-4-7-21)22-8-5-9-23(18-22)27(29,30)31/h2-11,18-19,26H,12-17H2,1H3/t26-/m1/s1. The van der Waals surface area contributed by atoms with Crippen LogP contribution in [0.15, 0.2) is 77.7 Å². The van der Waals surface area contributed by atoms with E-state index in [1.807, 2.05) is 37.3 Å². The molecule has 10 heteroatoms. The Morgan fingerprint density at radius 3 is 2.24 bits per heavy atom. The van der Waals surface area contributed by atoms with Gasteiger partial charge in [-0.2, -0.15) is 17.5 Å². The van der Waals surface area contributed by atoms with Gasteiger partial charge in [-0.15, -0.1) is 0 Å². The number of rotatable bonds is 8. The Hall–Kier alpha value is -2.43. The maximum Gasteiger partial charge on any atom is 0.416 e. The van der Waals surface area contributed by atoms with Crippen molar-refractivity contribution in [2.45, 2.75) is 24.1 Å². The van der Waals surface area contributed by atoms with Gasteiger partial charge in [0, 0.05) is 37.7 Å². The summed E-state index contributed by atoms with van der Waals surface area (Å²) in [4.78, 5) is 2.26. The van der Waals surface area contributed by atoms with Gasteiger partial charge in [-0.05, 0) is 47.9 Å². The zero-order valence-corrected chi connectivity index (χ0v) is 21.9. The molecule has 1 heterocycles. The van der Waals surface area contributed by atoms with Gasteiger partial charge < -0.3 is 4.74 Å². The predicted octanol–water partition coefficient (Wildman–Crippen LogP) is 5.78. The first-order chi connectivity index (χ1) is 17.6. The summed E-state index contributed by atoms with van der Waals surface area (Å²) in [6, 6.07) is 19.0. The molecule has 1 aliphatic rings. The Bertz CT molecular complexity index is 1310.